The molecular formula is C35H34N4O6S. The molecule has 0 bridgehead atoms. The van der Waals surface area contributed by atoms with Crippen LogP contribution in [0.4, 0.5) is 5.69 Å². The van der Waals surface area contributed by atoms with Crippen molar-refractivity contribution in [2.24, 2.45) is 10.3 Å². The van der Waals surface area contributed by atoms with Gasteiger partial charge in [0.25, 0.3) is 11.8 Å². The first kappa shape index (κ1) is 32.3. The smallest absolute Gasteiger partial charge is 0.310 e. The molecule has 2 aromatic heterocycles. The molecule has 0 aliphatic carbocycles. The number of amides is 2. The van der Waals surface area contributed by atoms with Gasteiger partial charge in [-0.25, -0.2) is 4.21 Å². The van der Waals surface area contributed by atoms with Crippen LogP contribution in [0, 0.1) is 24.7 Å². The number of nitrogens with zero attached hydrogens (tertiary/aromatic N) is 3. The Hall–Kier alpha value is -5.05. The Balaban J connectivity index is 1.29. The number of carbonyl (C=O) groups is 3. The Kier molecular flexibility index (Phi) is 10.4. The summed E-state index contributed by atoms with van der Waals surface area (Å²) in [6.07, 6.45) is 5.63. The highest BCUT2D eigenvalue weighted by Crippen LogP contribution is 2.21. The van der Waals surface area contributed by atoms with Gasteiger partial charge in [-0.05, 0) is 75.3 Å². The molecule has 10 nitrogen and oxygen atoms in total. The fourth-order valence-electron chi connectivity index (χ4n) is 5.15. The summed E-state index contributed by atoms with van der Waals surface area (Å²) in [5, 5.41) is 2.80. The van der Waals surface area contributed by atoms with E-state index in [0.717, 1.165) is 18.5 Å². The number of furan rings is 1. The van der Waals surface area contributed by atoms with Crippen molar-refractivity contribution in [1.82, 2.24) is 9.88 Å². The van der Waals surface area contributed by atoms with Crippen molar-refractivity contribution in [2.75, 3.05) is 37.8 Å². The first-order valence-electron chi connectivity index (χ1n) is 14.8. The van der Waals surface area contributed by atoms with E-state index in [0.29, 0.717) is 41.2 Å². The average Bonchev–Trinajstić information content (AvgIpc) is 3.73. The van der Waals surface area contributed by atoms with Crippen molar-refractivity contribution in [2.45, 2.75) is 24.7 Å². The molecule has 0 spiro atoms. The monoisotopic (exact) mass is 638 g/mol. The highest BCUT2D eigenvalue weighted by Gasteiger charge is 2.29. The number of aryl methyl sites for hydroxylation is 1. The second kappa shape index (κ2) is 14.8. The van der Waals surface area contributed by atoms with Gasteiger partial charge in [-0.3, -0.25) is 19.4 Å². The maximum absolute atomic E-state index is 14.2. The van der Waals surface area contributed by atoms with Gasteiger partial charge in [0.2, 0.25) is 0 Å². The van der Waals surface area contributed by atoms with Crippen molar-refractivity contribution in [3.63, 3.8) is 0 Å². The lowest BCUT2D eigenvalue weighted by atomic mass is 10.1. The molecule has 46 heavy (non-hydrogen) atoms. The van der Waals surface area contributed by atoms with E-state index in [9.17, 15) is 18.6 Å². The Labute approximate surface area is 268 Å². The third-order valence-electron chi connectivity index (χ3n) is 7.57. The molecule has 2 atom stereocenters. The van der Waals surface area contributed by atoms with Crippen molar-refractivity contribution in [3.8, 4) is 11.8 Å². The van der Waals surface area contributed by atoms with E-state index in [-0.39, 0.29) is 34.9 Å². The Morgan fingerprint density at radius 3 is 2.63 bits per heavy atom. The van der Waals surface area contributed by atoms with Gasteiger partial charge in [-0.15, -0.1) is 0 Å². The number of aromatic nitrogens is 1. The van der Waals surface area contributed by atoms with Gasteiger partial charge >= 0.3 is 5.97 Å². The average molecular weight is 639 g/mol. The predicted molar refractivity (Wildman–Crippen MR) is 174 cm³/mol. The SMILES string of the molecule is COC(=O)C1CCN(CCC[S@@](=O)(=NC(=O)c2cncc(C#Cc3cccc(NC(=O)c4occc4C)c3)c2)c2ccccc2)C1. The lowest BCUT2D eigenvalue weighted by Crippen LogP contribution is -2.26. The Bertz CT molecular complexity index is 1920. The van der Waals surface area contributed by atoms with E-state index >= 15 is 0 Å². The van der Waals surface area contributed by atoms with Crippen LogP contribution >= 0.6 is 0 Å². The van der Waals surface area contributed by atoms with Gasteiger partial charge in [-0.1, -0.05) is 36.1 Å². The molecule has 0 radical (unpaired) electrons. The maximum Gasteiger partial charge on any atom is 0.310 e. The van der Waals surface area contributed by atoms with E-state index < -0.39 is 15.6 Å². The summed E-state index contributed by atoms with van der Waals surface area (Å²) in [6, 6.07) is 19.1. The second-order valence-electron chi connectivity index (χ2n) is 10.9. The summed E-state index contributed by atoms with van der Waals surface area (Å²) in [7, 11) is -1.70. The minimum absolute atomic E-state index is 0.154. The lowest BCUT2D eigenvalue weighted by molar-refractivity contribution is -0.144. The van der Waals surface area contributed by atoms with Crippen LogP contribution < -0.4 is 5.32 Å². The Morgan fingerprint density at radius 1 is 1.07 bits per heavy atom. The van der Waals surface area contributed by atoms with Gasteiger partial charge in [0.05, 0.1) is 34.6 Å². The summed E-state index contributed by atoms with van der Waals surface area (Å²) < 4.78 is 28.6. The fraction of sp³-hybridized carbons (Fsp3) is 0.257. The van der Waals surface area contributed by atoms with E-state index in [1.54, 1.807) is 67.6 Å². The van der Waals surface area contributed by atoms with E-state index in [1.807, 2.05) is 6.07 Å². The summed E-state index contributed by atoms with van der Waals surface area (Å²) in [5.74, 6) is 5.09. The van der Waals surface area contributed by atoms with E-state index in [4.69, 9.17) is 9.15 Å². The molecule has 0 saturated carbocycles. The van der Waals surface area contributed by atoms with Crippen LogP contribution in [0.15, 0.2) is 99.1 Å². The molecule has 1 unspecified atom stereocenters. The molecule has 236 valence electrons. The molecule has 2 aromatic carbocycles. The zero-order chi connectivity index (χ0) is 32.5. The number of anilines is 1. The number of likely N-dealkylation sites (tertiary alicyclic amines) is 1. The third-order valence-corrected chi connectivity index (χ3v) is 9.88. The number of methoxy groups -OCH3 is 1. The molecule has 1 N–H and O–H groups in total. The summed E-state index contributed by atoms with van der Waals surface area (Å²) >= 11 is 0. The van der Waals surface area contributed by atoms with Gasteiger partial charge in [0.15, 0.2) is 5.76 Å². The van der Waals surface area contributed by atoms with Gasteiger partial charge in [0.1, 0.15) is 0 Å². The third kappa shape index (κ3) is 8.15. The number of rotatable bonds is 9. The molecule has 1 aliphatic rings. The molecule has 3 heterocycles. The minimum Gasteiger partial charge on any atom is -0.469 e. The standard InChI is InChI=1S/C35H34N4O6S/c1-25-15-18-45-32(25)34(41)37-30-9-6-8-26(21-30)12-13-27-20-29(23-36-22-27)33(40)38-46(43,31-10-4-3-5-11-31)19-7-16-39-17-14-28(24-39)35(42)44-2/h3-6,8-11,15,18,20-23,28H,7,14,16-17,19,24H2,1-2H3,(H,37,41)/t28?,46-/m0/s1. The molecule has 11 heteroatoms. The topological polar surface area (TPSA) is 131 Å². The molecule has 4 aromatic rings. The van der Waals surface area contributed by atoms with Crippen molar-refractivity contribution in [1.29, 1.82) is 0 Å². The summed E-state index contributed by atoms with van der Waals surface area (Å²) in [5.41, 5.74) is 2.57. The normalized spacial score (nSPS) is 15.7. The molecule has 1 aliphatic heterocycles. The van der Waals surface area contributed by atoms with Crippen molar-refractivity contribution < 1.29 is 27.7 Å². The number of nitrogens with one attached hydrogen (secondary N) is 1. The van der Waals surface area contributed by atoms with E-state index in [1.165, 1.54) is 25.8 Å². The zero-order valence-corrected chi connectivity index (χ0v) is 26.4. The highest BCUT2D eigenvalue weighted by molar-refractivity contribution is 7.94. The number of hydrogen-bond donors (Lipinski definition) is 1. The van der Waals surface area contributed by atoms with Crippen molar-refractivity contribution in [3.05, 3.63) is 113 Å². The first-order valence-corrected chi connectivity index (χ1v) is 16.5. The number of ether oxygens (including phenoxy) is 1. The predicted octanol–water partition coefficient (Wildman–Crippen LogP) is 5.19. The molecule has 5 rings (SSSR count). The number of carbonyl (C=O) groups excluding carboxylic acids is 3. The van der Waals surface area contributed by atoms with Crippen LogP contribution in [0.3, 0.4) is 0 Å². The summed E-state index contributed by atoms with van der Waals surface area (Å²) in [6.45, 7) is 3.77. The van der Waals surface area contributed by atoms with Gasteiger partial charge < -0.3 is 19.4 Å². The second-order valence-corrected chi connectivity index (χ2v) is 13.2. The minimum atomic E-state index is -3.09. The Morgan fingerprint density at radius 2 is 1.87 bits per heavy atom. The molecular weight excluding hydrogens is 604 g/mol. The van der Waals surface area contributed by atoms with Crippen LogP contribution in [0.2, 0.25) is 0 Å². The van der Waals surface area contributed by atoms with Crippen LogP contribution in [-0.4, -0.2) is 64.4 Å². The fourth-order valence-corrected chi connectivity index (χ4v) is 7.06. The van der Waals surface area contributed by atoms with Gasteiger partial charge in [0, 0.05) is 52.0 Å². The molecule has 1 fully saturated rings. The van der Waals surface area contributed by atoms with Gasteiger partial charge in [-0.2, -0.15) is 4.36 Å². The van der Waals surface area contributed by atoms with Crippen molar-refractivity contribution >= 4 is 33.2 Å². The van der Waals surface area contributed by atoms with E-state index in [2.05, 4.69) is 31.4 Å². The first-order chi connectivity index (χ1) is 22.2. The van der Waals surface area contributed by atoms with Crippen LogP contribution in [0.1, 0.15) is 50.4 Å². The zero-order valence-electron chi connectivity index (χ0n) is 25.6. The summed E-state index contributed by atoms with van der Waals surface area (Å²) in [4.78, 5) is 44.5. The molecule has 2 amide bonds. The van der Waals surface area contributed by atoms with Crippen LogP contribution in [0.5, 0.6) is 0 Å². The van der Waals surface area contributed by atoms with Crippen LogP contribution in [0.25, 0.3) is 0 Å². The molecule has 1 saturated heterocycles. The van der Waals surface area contributed by atoms with Crippen LogP contribution in [-0.2, 0) is 19.3 Å². The number of benzene rings is 2. The largest absolute Gasteiger partial charge is 0.469 e. The lowest BCUT2D eigenvalue weighted by Gasteiger charge is -2.16. The number of esters is 1. The quantitative estimate of drug-likeness (QED) is 0.196. The maximum atomic E-state index is 14.2. The number of pyridine rings is 1. The highest BCUT2D eigenvalue weighted by atomic mass is 32.2. The number of hydrogen-bond acceptors (Lipinski definition) is 8.